The summed E-state index contributed by atoms with van der Waals surface area (Å²) < 4.78 is 5.84. The van der Waals surface area contributed by atoms with E-state index in [1.807, 2.05) is 19.9 Å². The van der Waals surface area contributed by atoms with Gasteiger partial charge < -0.3 is 24.9 Å². The molecule has 38 heavy (non-hydrogen) atoms. The molecule has 0 amide bonds. The standard InChI is InChI=1S/C31H48O6.Na/c1-17(2)9-8-10-20(28(35)36)26-22-15-24(34)27-29(5)13-12-23(33)18(3)21(29)11-14-30(27,6)31(22,7)16-25(26)37-19(4)32;/h9,18,21-25,27,33-34H,8,10-16H2,1-7H3,(H,35,36);/q;+1/p-1/b26-20+;/t18-,21-,22?,23+,24+,25-,27?,29?,30-,31?;/m0./s1. The van der Waals surface area contributed by atoms with Gasteiger partial charge in [-0.15, -0.1) is 0 Å². The van der Waals surface area contributed by atoms with Gasteiger partial charge in [0, 0.05) is 6.92 Å². The summed E-state index contributed by atoms with van der Waals surface area (Å²) >= 11 is 0. The van der Waals surface area contributed by atoms with Gasteiger partial charge >= 0.3 is 35.5 Å². The third kappa shape index (κ3) is 5.00. The Labute approximate surface area is 251 Å². The second kappa shape index (κ2) is 11.3. The van der Waals surface area contributed by atoms with Crippen LogP contribution in [0.2, 0.25) is 0 Å². The molecule has 2 N–H and O–H groups in total. The van der Waals surface area contributed by atoms with Crippen LogP contribution in [0, 0.1) is 39.9 Å². The van der Waals surface area contributed by atoms with Gasteiger partial charge in [-0.2, -0.15) is 0 Å². The average molecular weight is 539 g/mol. The molecule has 7 heteroatoms. The summed E-state index contributed by atoms with van der Waals surface area (Å²) in [5.74, 6) is -1.25. The molecule has 6 nitrogen and oxygen atoms in total. The van der Waals surface area contributed by atoms with Gasteiger partial charge in [-0.3, -0.25) is 4.79 Å². The van der Waals surface area contributed by atoms with E-state index in [-0.39, 0.29) is 75.2 Å². The molecule has 4 unspecified atom stereocenters. The number of carboxylic acids is 1. The maximum Gasteiger partial charge on any atom is 1.00 e. The molecule has 0 spiro atoms. The van der Waals surface area contributed by atoms with Crippen molar-refractivity contribution in [3.63, 3.8) is 0 Å². The number of hydrogen-bond donors (Lipinski definition) is 2. The molecule has 4 fully saturated rings. The smallest absolute Gasteiger partial charge is 0.545 e. The predicted octanol–water partition coefficient (Wildman–Crippen LogP) is 1.34. The van der Waals surface area contributed by atoms with Crippen molar-refractivity contribution in [3.05, 3.63) is 22.8 Å². The Morgan fingerprint density at radius 3 is 2.29 bits per heavy atom. The van der Waals surface area contributed by atoms with Crippen molar-refractivity contribution in [2.75, 3.05) is 0 Å². The van der Waals surface area contributed by atoms with Crippen LogP contribution in [-0.2, 0) is 14.3 Å². The van der Waals surface area contributed by atoms with E-state index < -0.39 is 24.1 Å². The molecule has 4 aliphatic rings. The summed E-state index contributed by atoms with van der Waals surface area (Å²) in [7, 11) is 0. The Morgan fingerprint density at radius 1 is 1.05 bits per heavy atom. The largest absolute Gasteiger partial charge is 1.00 e. The van der Waals surface area contributed by atoms with Crippen LogP contribution in [0.25, 0.3) is 0 Å². The van der Waals surface area contributed by atoms with E-state index in [1.54, 1.807) is 0 Å². The zero-order valence-electron chi connectivity index (χ0n) is 24.8. The molecule has 0 aromatic rings. The van der Waals surface area contributed by atoms with Crippen molar-refractivity contribution in [1.82, 2.24) is 0 Å². The first-order chi connectivity index (χ1) is 17.2. The molecule has 4 rings (SSSR count). The molecule has 10 atom stereocenters. The molecule has 4 aliphatic carbocycles. The number of ether oxygens (including phenoxy) is 1. The first kappa shape index (κ1) is 31.9. The van der Waals surface area contributed by atoms with Crippen LogP contribution < -0.4 is 34.7 Å². The minimum atomic E-state index is -1.20. The number of fused-ring (bicyclic) bond motifs is 5. The van der Waals surface area contributed by atoms with Crippen molar-refractivity contribution >= 4 is 11.9 Å². The molecule has 0 aliphatic heterocycles. The Bertz CT molecular complexity index is 1000. The Kier molecular flexibility index (Phi) is 9.49. The van der Waals surface area contributed by atoms with Crippen molar-refractivity contribution < 1.29 is 59.2 Å². The number of aliphatic hydroxyl groups excluding tert-OH is 2. The normalized spacial score (nSPS) is 45.0. The van der Waals surface area contributed by atoms with E-state index in [9.17, 15) is 24.9 Å². The first-order valence-electron chi connectivity index (χ1n) is 14.3. The summed E-state index contributed by atoms with van der Waals surface area (Å²) in [6.07, 6.45) is 5.92. The van der Waals surface area contributed by atoms with Crippen LogP contribution in [0.3, 0.4) is 0 Å². The molecule has 4 saturated carbocycles. The fraction of sp³-hybridized carbons (Fsp3) is 0.806. The number of aliphatic hydroxyl groups is 2. The van der Waals surface area contributed by atoms with Crippen LogP contribution in [0.5, 0.6) is 0 Å². The summed E-state index contributed by atoms with van der Waals surface area (Å²) in [5, 5.41) is 35.0. The van der Waals surface area contributed by atoms with Gasteiger partial charge in [0.05, 0.1) is 18.2 Å². The third-order valence-electron chi connectivity index (χ3n) is 11.6. The van der Waals surface area contributed by atoms with Crippen molar-refractivity contribution in [2.24, 2.45) is 39.9 Å². The van der Waals surface area contributed by atoms with Crippen molar-refractivity contribution in [2.45, 2.75) is 118 Å². The van der Waals surface area contributed by atoms with E-state index in [4.69, 9.17) is 4.74 Å². The predicted molar refractivity (Wildman–Crippen MR) is 140 cm³/mol. The van der Waals surface area contributed by atoms with Crippen LogP contribution in [-0.4, -0.2) is 40.5 Å². The summed E-state index contributed by atoms with van der Waals surface area (Å²) in [6.45, 7) is 14.4. The third-order valence-corrected chi connectivity index (χ3v) is 11.6. The molecular formula is C31H47NaO6. The summed E-state index contributed by atoms with van der Waals surface area (Å²) in [6, 6.07) is 0. The summed E-state index contributed by atoms with van der Waals surface area (Å²) in [4.78, 5) is 24.7. The molecule has 0 saturated heterocycles. The fourth-order valence-corrected chi connectivity index (χ4v) is 9.78. The maximum atomic E-state index is 12.5. The average Bonchev–Trinajstić information content (AvgIpc) is 3.05. The Balaban J connectivity index is 0.00000400. The van der Waals surface area contributed by atoms with Crippen LogP contribution in [0.1, 0.15) is 99.8 Å². The number of esters is 1. The minimum Gasteiger partial charge on any atom is -0.545 e. The van der Waals surface area contributed by atoms with Crippen LogP contribution in [0.15, 0.2) is 22.8 Å². The first-order valence-corrected chi connectivity index (χ1v) is 14.3. The molecule has 0 bridgehead atoms. The number of carboxylic acid groups (broad SMARTS) is 1. The number of allylic oxidation sites excluding steroid dienone is 2. The van der Waals surface area contributed by atoms with E-state index in [1.165, 1.54) is 6.92 Å². The number of hydrogen-bond acceptors (Lipinski definition) is 6. The SMILES string of the molecule is CC(=O)O[C@H]1CC2(C)C(C[C@@H](O)C3C4(C)CC[C@@H](O)[C@@H](C)[C@@H]4CC[C@@]32C)/C1=C(/CCC=C(C)C)C(=O)[O-].[Na+]. The summed E-state index contributed by atoms with van der Waals surface area (Å²) in [5.41, 5.74) is 1.31. The minimum absolute atomic E-state index is 0. The molecule has 0 radical (unpaired) electrons. The fourth-order valence-electron chi connectivity index (χ4n) is 9.78. The Morgan fingerprint density at radius 2 is 1.71 bits per heavy atom. The van der Waals surface area contributed by atoms with Gasteiger partial charge in [-0.1, -0.05) is 39.3 Å². The topological polar surface area (TPSA) is 107 Å². The number of aliphatic carboxylic acids is 1. The zero-order chi connectivity index (χ0) is 27.5. The quantitative estimate of drug-likeness (QED) is 0.237. The zero-order valence-corrected chi connectivity index (χ0v) is 26.8. The monoisotopic (exact) mass is 538 g/mol. The second-order valence-electron chi connectivity index (χ2n) is 13.6. The van der Waals surface area contributed by atoms with E-state index in [0.29, 0.717) is 37.2 Å². The molecule has 208 valence electrons. The van der Waals surface area contributed by atoms with E-state index in [2.05, 4.69) is 27.7 Å². The van der Waals surface area contributed by atoms with Gasteiger partial charge in [0.2, 0.25) is 0 Å². The maximum absolute atomic E-state index is 12.5. The van der Waals surface area contributed by atoms with Gasteiger partial charge in [0.1, 0.15) is 6.10 Å². The molecule has 0 aromatic carbocycles. The van der Waals surface area contributed by atoms with Gasteiger partial charge in [-0.05, 0) is 116 Å². The number of carbonyl (C=O) groups excluding carboxylic acids is 2. The van der Waals surface area contributed by atoms with Crippen LogP contribution in [0.4, 0.5) is 0 Å². The van der Waals surface area contributed by atoms with Crippen molar-refractivity contribution in [1.29, 1.82) is 0 Å². The molecule has 0 aromatic heterocycles. The second-order valence-corrected chi connectivity index (χ2v) is 13.6. The Hall–Kier alpha value is -0.660. The van der Waals surface area contributed by atoms with E-state index >= 15 is 0 Å². The molecule has 0 heterocycles. The van der Waals surface area contributed by atoms with E-state index in [0.717, 1.165) is 31.3 Å². The van der Waals surface area contributed by atoms with Gasteiger partial charge in [-0.25, -0.2) is 0 Å². The molecular weight excluding hydrogens is 491 g/mol. The number of carbonyl (C=O) groups is 2. The van der Waals surface area contributed by atoms with Crippen LogP contribution >= 0.6 is 0 Å². The number of rotatable bonds is 5. The van der Waals surface area contributed by atoms with Gasteiger partial charge in [0.15, 0.2) is 0 Å². The van der Waals surface area contributed by atoms with Gasteiger partial charge in [0.25, 0.3) is 0 Å². The van der Waals surface area contributed by atoms with Crippen molar-refractivity contribution in [3.8, 4) is 0 Å².